The lowest BCUT2D eigenvalue weighted by atomic mass is 9.87. The predicted molar refractivity (Wildman–Crippen MR) is 198 cm³/mol. The van der Waals surface area contributed by atoms with Crippen LogP contribution in [0.15, 0.2) is 158 Å². The topological polar surface area (TPSA) is 0 Å². The Bertz CT molecular complexity index is 2690. The first-order valence-electron chi connectivity index (χ1n) is 16.3. The molecule has 0 heterocycles. The Morgan fingerprint density at radius 2 is 0.848 bits per heavy atom. The maximum atomic E-state index is 2.49. The Morgan fingerprint density at radius 3 is 1.65 bits per heavy atom. The second-order valence-electron chi connectivity index (χ2n) is 12.9. The van der Waals surface area contributed by atoms with Crippen molar-refractivity contribution in [2.75, 3.05) is 0 Å². The zero-order valence-corrected chi connectivity index (χ0v) is 25.4. The summed E-state index contributed by atoms with van der Waals surface area (Å²) in [5, 5.41) is 13.3. The highest BCUT2D eigenvalue weighted by atomic mass is 14.2. The quantitative estimate of drug-likeness (QED) is 0.144. The van der Waals surface area contributed by atoms with Gasteiger partial charge in [-0.2, -0.15) is 0 Å². The Labute approximate surface area is 268 Å². The van der Waals surface area contributed by atoms with E-state index < -0.39 is 0 Å². The third-order valence-electron chi connectivity index (χ3n) is 10.2. The van der Waals surface area contributed by atoms with Crippen molar-refractivity contribution in [2.45, 2.75) is 12.8 Å². The molecular weight excluding hydrogens is 553 g/mol. The van der Waals surface area contributed by atoms with Crippen LogP contribution >= 0.6 is 0 Å². The average Bonchev–Trinajstić information content (AvgIpc) is 3.54. The highest BCUT2D eigenvalue weighted by Crippen LogP contribution is 2.44. The zero-order chi connectivity index (χ0) is 30.2. The van der Waals surface area contributed by atoms with E-state index in [1.807, 2.05) is 0 Å². The van der Waals surface area contributed by atoms with Crippen LogP contribution in [0.4, 0.5) is 0 Å². The van der Waals surface area contributed by atoms with Gasteiger partial charge in [0, 0.05) is 0 Å². The smallest absolute Gasteiger partial charge is 0.00263 e. The van der Waals surface area contributed by atoms with E-state index in [9.17, 15) is 0 Å². The summed E-state index contributed by atoms with van der Waals surface area (Å²) < 4.78 is 0. The molecule has 1 aliphatic carbocycles. The van der Waals surface area contributed by atoms with Crippen LogP contribution in [0.1, 0.15) is 11.1 Å². The number of aryl methyl sites for hydroxylation is 2. The van der Waals surface area contributed by atoms with Gasteiger partial charge < -0.3 is 0 Å². The number of fused-ring (bicyclic) bond motifs is 5. The summed E-state index contributed by atoms with van der Waals surface area (Å²) in [5.41, 5.74) is 10.6. The van der Waals surface area contributed by atoms with Crippen LogP contribution in [0.2, 0.25) is 0 Å². The number of hydrogen-bond donors (Lipinski definition) is 0. The van der Waals surface area contributed by atoms with Crippen LogP contribution < -0.4 is 0 Å². The van der Waals surface area contributed by atoms with Gasteiger partial charge in [-0.25, -0.2) is 0 Å². The molecule has 0 spiro atoms. The van der Waals surface area contributed by atoms with Crippen molar-refractivity contribution in [2.24, 2.45) is 0 Å². The van der Waals surface area contributed by atoms with Crippen LogP contribution in [0.25, 0.3) is 87.2 Å². The molecule has 9 aromatic carbocycles. The van der Waals surface area contributed by atoms with E-state index in [-0.39, 0.29) is 0 Å². The van der Waals surface area contributed by atoms with E-state index in [2.05, 4.69) is 158 Å². The molecule has 0 aliphatic heterocycles. The molecule has 0 heteroatoms. The SMILES string of the molecule is c1cc(-c2ccc3ccccc3c2)cc(-c2ccc3cc(-c4c5ccccc5cc5c4cc4c6c(cccc65)CC4)ccc3c2)c1. The van der Waals surface area contributed by atoms with Crippen molar-refractivity contribution in [3.8, 4) is 33.4 Å². The molecule has 0 radical (unpaired) electrons. The molecule has 0 bridgehead atoms. The van der Waals surface area contributed by atoms with E-state index >= 15 is 0 Å². The fourth-order valence-corrected chi connectivity index (χ4v) is 8.00. The molecule has 214 valence electrons. The van der Waals surface area contributed by atoms with Gasteiger partial charge in [-0.1, -0.05) is 121 Å². The third-order valence-corrected chi connectivity index (χ3v) is 10.2. The minimum Gasteiger partial charge on any atom is -0.0616 e. The van der Waals surface area contributed by atoms with Gasteiger partial charge >= 0.3 is 0 Å². The third kappa shape index (κ3) is 3.93. The molecule has 9 aromatic rings. The maximum Gasteiger partial charge on any atom is -0.00263 e. The minimum absolute atomic E-state index is 1.13. The van der Waals surface area contributed by atoms with Gasteiger partial charge in [0.1, 0.15) is 0 Å². The first-order valence-corrected chi connectivity index (χ1v) is 16.3. The first kappa shape index (κ1) is 25.6. The van der Waals surface area contributed by atoms with Gasteiger partial charge in [0.25, 0.3) is 0 Å². The second kappa shape index (κ2) is 9.89. The summed E-state index contributed by atoms with van der Waals surface area (Å²) in [6, 6.07) is 58.9. The number of hydrogen-bond acceptors (Lipinski definition) is 0. The lowest BCUT2D eigenvalue weighted by Gasteiger charge is -2.16. The van der Waals surface area contributed by atoms with Gasteiger partial charge in [0.15, 0.2) is 0 Å². The van der Waals surface area contributed by atoms with E-state index in [1.54, 1.807) is 0 Å². The van der Waals surface area contributed by atoms with Crippen molar-refractivity contribution >= 4 is 53.9 Å². The van der Waals surface area contributed by atoms with Gasteiger partial charge in [0.2, 0.25) is 0 Å². The first-order chi connectivity index (χ1) is 22.8. The molecule has 1 aliphatic rings. The average molecular weight is 583 g/mol. The summed E-state index contributed by atoms with van der Waals surface area (Å²) in [6.45, 7) is 0. The van der Waals surface area contributed by atoms with Crippen molar-refractivity contribution in [1.82, 2.24) is 0 Å². The predicted octanol–water partition coefficient (Wildman–Crippen LogP) is 12.6. The van der Waals surface area contributed by atoms with Crippen LogP contribution in [0, 0.1) is 0 Å². The molecule has 0 nitrogen and oxygen atoms in total. The summed E-state index contributed by atoms with van der Waals surface area (Å²) in [7, 11) is 0. The van der Waals surface area contributed by atoms with Gasteiger partial charge in [0.05, 0.1) is 0 Å². The maximum absolute atomic E-state index is 2.49. The Kier molecular flexibility index (Phi) is 5.50. The highest BCUT2D eigenvalue weighted by Gasteiger charge is 2.19. The van der Waals surface area contributed by atoms with Crippen molar-refractivity contribution in [3.05, 3.63) is 169 Å². The molecular formula is C46H30. The Morgan fingerprint density at radius 1 is 0.283 bits per heavy atom. The molecule has 0 N–H and O–H groups in total. The lowest BCUT2D eigenvalue weighted by molar-refractivity contribution is 1.03. The van der Waals surface area contributed by atoms with Crippen molar-refractivity contribution < 1.29 is 0 Å². The molecule has 0 fully saturated rings. The van der Waals surface area contributed by atoms with Gasteiger partial charge in [-0.3, -0.25) is 0 Å². The standard InChI is InChI=1S/C46H30/c1-2-8-31-23-34(17-15-29(31)7-1)32-11-5-12-33(24-32)35-18-19-37-26-39(22-20-36(37)25-35)46-41-13-4-3-9-38(41)27-43-42-14-6-10-30-16-21-40(45(30)42)28-44(43)46/h1-15,17-20,22-28H,16,21H2. The van der Waals surface area contributed by atoms with Crippen LogP contribution in [-0.4, -0.2) is 0 Å². The summed E-state index contributed by atoms with van der Waals surface area (Å²) in [5.74, 6) is 0. The molecule has 0 aromatic heterocycles. The van der Waals surface area contributed by atoms with Crippen LogP contribution in [0.5, 0.6) is 0 Å². The number of benzene rings is 9. The summed E-state index contributed by atoms with van der Waals surface area (Å²) in [4.78, 5) is 0. The zero-order valence-electron chi connectivity index (χ0n) is 25.4. The summed E-state index contributed by atoms with van der Waals surface area (Å²) >= 11 is 0. The van der Waals surface area contributed by atoms with E-state index in [0.29, 0.717) is 0 Å². The minimum atomic E-state index is 1.13. The van der Waals surface area contributed by atoms with E-state index in [1.165, 1.54) is 98.4 Å². The van der Waals surface area contributed by atoms with Crippen LogP contribution in [0.3, 0.4) is 0 Å². The van der Waals surface area contributed by atoms with Gasteiger partial charge in [-0.15, -0.1) is 0 Å². The van der Waals surface area contributed by atoms with Crippen molar-refractivity contribution in [1.29, 1.82) is 0 Å². The Balaban J connectivity index is 1.10. The molecule has 0 amide bonds. The normalized spacial score (nSPS) is 12.6. The monoisotopic (exact) mass is 582 g/mol. The van der Waals surface area contributed by atoms with Gasteiger partial charge in [-0.05, 0) is 148 Å². The fourth-order valence-electron chi connectivity index (χ4n) is 8.00. The van der Waals surface area contributed by atoms with Crippen LogP contribution in [-0.2, 0) is 12.8 Å². The molecule has 46 heavy (non-hydrogen) atoms. The number of rotatable bonds is 3. The molecule has 10 rings (SSSR count). The summed E-state index contributed by atoms with van der Waals surface area (Å²) in [6.07, 6.45) is 2.27. The molecule has 0 unspecified atom stereocenters. The molecule has 0 saturated heterocycles. The lowest BCUT2D eigenvalue weighted by Crippen LogP contribution is -1.90. The van der Waals surface area contributed by atoms with E-state index in [0.717, 1.165) is 12.8 Å². The highest BCUT2D eigenvalue weighted by molar-refractivity contribution is 6.21. The van der Waals surface area contributed by atoms with Crippen molar-refractivity contribution in [3.63, 3.8) is 0 Å². The largest absolute Gasteiger partial charge is 0.0616 e. The molecule has 0 saturated carbocycles. The molecule has 0 atom stereocenters. The second-order valence-corrected chi connectivity index (χ2v) is 12.9. The Hall–Kier alpha value is -5.72. The fraction of sp³-hybridized carbons (Fsp3) is 0.0435. The van der Waals surface area contributed by atoms with E-state index in [4.69, 9.17) is 0 Å².